The van der Waals surface area contributed by atoms with Gasteiger partial charge in [-0.3, -0.25) is 4.79 Å². The molecule has 1 aliphatic rings. The summed E-state index contributed by atoms with van der Waals surface area (Å²) in [5.74, 6) is 1.21. The molecule has 1 fully saturated rings. The Kier molecular flexibility index (Phi) is 3.43. The van der Waals surface area contributed by atoms with E-state index >= 15 is 0 Å². The second-order valence-corrected chi connectivity index (χ2v) is 5.58. The number of Topliss-reactive ketones (excluding diaryl/α,β-unsaturated/α-hetero) is 1. The van der Waals surface area contributed by atoms with Gasteiger partial charge in [0.2, 0.25) is 0 Å². The van der Waals surface area contributed by atoms with Crippen LogP contribution in [0.5, 0.6) is 0 Å². The van der Waals surface area contributed by atoms with E-state index in [2.05, 4.69) is 28.6 Å². The van der Waals surface area contributed by atoms with Crippen molar-refractivity contribution in [3.8, 4) is 0 Å². The number of rotatable bonds is 6. The van der Waals surface area contributed by atoms with Crippen molar-refractivity contribution in [2.75, 3.05) is 0 Å². The summed E-state index contributed by atoms with van der Waals surface area (Å²) in [6.45, 7) is 3.07. The van der Waals surface area contributed by atoms with Crippen LogP contribution < -0.4 is 0 Å². The van der Waals surface area contributed by atoms with E-state index in [9.17, 15) is 4.79 Å². The molecule has 0 amide bonds. The predicted octanol–water partition coefficient (Wildman–Crippen LogP) is 3.14. The van der Waals surface area contributed by atoms with Crippen molar-refractivity contribution in [2.24, 2.45) is 0 Å². The molecule has 3 rings (SSSR count). The highest BCUT2D eigenvalue weighted by Gasteiger charge is 2.50. The molecule has 104 valence electrons. The fraction of sp³-hybridized carbons (Fsp3) is 0.412. The molecule has 0 bridgehead atoms. The molecule has 0 saturated heterocycles. The van der Waals surface area contributed by atoms with Gasteiger partial charge in [0, 0.05) is 18.9 Å². The fourth-order valence-corrected chi connectivity index (χ4v) is 2.88. The van der Waals surface area contributed by atoms with Crippen LogP contribution in [0.1, 0.15) is 37.6 Å². The summed E-state index contributed by atoms with van der Waals surface area (Å²) in [5.41, 5.74) is 0.933. The minimum absolute atomic E-state index is 0.232. The number of carbonyl (C=O) groups excluding carboxylic acids is 1. The van der Waals surface area contributed by atoms with Gasteiger partial charge in [-0.1, -0.05) is 37.3 Å². The summed E-state index contributed by atoms with van der Waals surface area (Å²) >= 11 is 0. The maximum Gasteiger partial charge on any atom is 0.150 e. The number of hydrogen-bond donors (Lipinski definition) is 0. The quantitative estimate of drug-likeness (QED) is 0.806. The van der Waals surface area contributed by atoms with E-state index in [1.165, 1.54) is 5.56 Å². The zero-order valence-corrected chi connectivity index (χ0v) is 11.9. The van der Waals surface area contributed by atoms with Crippen LogP contribution in [0.2, 0.25) is 0 Å². The van der Waals surface area contributed by atoms with Crippen molar-refractivity contribution in [1.82, 2.24) is 9.55 Å². The van der Waals surface area contributed by atoms with Crippen LogP contribution in [0.3, 0.4) is 0 Å². The van der Waals surface area contributed by atoms with E-state index in [0.29, 0.717) is 12.2 Å². The molecule has 1 aromatic carbocycles. The van der Waals surface area contributed by atoms with E-state index in [4.69, 9.17) is 0 Å². The smallest absolute Gasteiger partial charge is 0.150 e. The Bertz CT molecular complexity index is 596. The highest BCUT2D eigenvalue weighted by Crippen LogP contribution is 2.49. The first kappa shape index (κ1) is 13.1. The van der Waals surface area contributed by atoms with Crippen LogP contribution in [0.25, 0.3) is 0 Å². The normalized spacial score (nSPS) is 16.1. The SMILES string of the molecule is CCCn1ccnc1CC(=O)C1(c2ccccc2)CC1. The summed E-state index contributed by atoms with van der Waals surface area (Å²) in [4.78, 5) is 17.1. The van der Waals surface area contributed by atoms with Gasteiger partial charge in [0.05, 0.1) is 11.8 Å². The van der Waals surface area contributed by atoms with Gasteiger partial charge in [0.25, 0.3) is 0 Å². The Labute approximate surface area is 119 Å². The lowest BCUT2D eigenvalue weighted by molar-refractivity contribution is -0.121. The summed E-state index contributed by atoms with van der Waals surface area (Å²) in [7, 11) is 0. The maximum absolute atomic E-state index is 12.7. The lowest BCUT2D eigenvalue weighted by Gasteiger charge is -2.15. The molecule has 3 heteroatoms. The number of aromatic nitrogens is 2. The average Bonchev–Trinajstić information content (AvgIpc) is 3.19. The van der Waals surface area contributed by atoms with E-state index in [0.717, 1.165) is 31.6 Å². The van der Waals surface area contributed by atoms with Gasteiger partial charge in [-0.2, -0.15) is 0 Å². The first-order valence-corrected chi connectivity index (χ1v) is 7.35. The van der Waals surface area contributed by atoms with Gasteiger partial charge in [-0.25, -0.2) is 4.98 Å². The molecule has 0 N–H and O–H groups in total. The molecule has 0 spiro atoms. The number of hydrogen-bond acceptors (Lipinski definition) is 2. The largest absolute Gasteiger partial charge is 0.335 e. The van der Waals surface area contributed by atoms with E-state index in [-0.39, 0.29) is 5.41 Å². The lowest BCUT2D eigenvalue weighted by atomic mass is 9.89. The lowest BCUT2D eigenvalue weighted by Crippen LogP contribution is -2.24. The molecular weight excluding hydrogens is 248 g/mol. The Morgan fingerprint density at radius 3 is 2.70 bits per heavy atom. The molecule has 0 atom stereocenters. The fourth-order valence-electron chi connectivity index (χ4n) is 2.88. The Hall–Kier alpha value is -1.90. The van der Waals surface area contributed by atoms with Crippen LogP contribution in [-0.4, -0.2) is 15.3 Å². The van der Waals surface area contributed by atoms with E-state index in [1.807, 2.05) is 24.4 Å². The minimum atomic E-state index is -0.232. The monoisotopic (exact) mass is 268 g/mol. The summed E-state index contributed by atoms with van der Waals surface area (Å²) in [6, 6.07) is 10.2. The highest BCUT2D eigenvalue weighted by molar-refractivity contribution is 5.94. The molecule has 0 unspecified atom stereocenters. The molecule has 2 aromatic rings. The predicted molar refractivity (Wildman–Crippen MR) is 78.6 cm³/mol. The van der Waals surface area contributed by atoms with Gasteiger partial charge in [0.15, 0.2) is 5.78 Å². The maximum atomic E-state index is 12.7. The van der Waals surface area contributed by atoms with Crippen LogP contribution in [0.15, 0.2) is 42.7 Å². The Morgan fingerprint density at radius 2 is 2.05 bits per heavy atom. The third-order valence-corrected chi connectivity index (χ3v) is 4.20. The molecule has 1 saturated carbocycles. The zero-order chi connectivity index (χ0) is 14.0. The van der Waals surface area contributed by atoms with Crippen molar-refractivity contribution in [2.45, 2.75) is 44.6 Å². The van der Waals surface area contributed by atoms with Crippen LogP contribution >= 0.6 is 0 Å². The van der Waals surface area contributed by atoms with Crippen LogP contribution in [0, 0.1) is 0 Å². The molecule has 20 heavy (non-hydrogen) atoms. The van der Waals surface area contributed by atoms with Crippen molar-refractivity contribution in [1.29, 1.82) is 0 Å². The zero-order valence-electron chi connectivity index (χ0n) is 11.9. The van der Waals surface area contributed by atoms with Gasteiger partial charge < -0.3 is 4.57 Å². The first-order chi connectivity index (χ1) is 9.76. The van der Waals surface area contributed by atoms with Crippen molar-refractivity contribution in [3.05, 3.63) is 54.1 Å². The third-order valence-electron chi connectivity index (χ3n) is 4.20. The minimum Gasteiger partial charge on any atom is -0.335 e. The van der Waals surface area contributed by atoms with E-state index < -0.39 is 0 Å². The van der Waals surface area contributed by atoms with Gasteiger partial charge in [-0.15, -0.1) is 0 Å². The number of ketones is 1. The number of imidazole rings is 1. The molecular formula is C17H20N2O. The Morgan fingerprint density at radius 1 is 1.30 bits per heavy atom. The highest BCUT2D eigenvalue weighted by atomic mass is 16.1. The number of benzene rings is 1. The van der Waals surface area contributed by atoms with Crippen molar-refractivity contribution >= 4 is 5.78 Å². The topological polar surface area (TPSA) is 34.9 Å². The molecule has 1 aromatic heterocycles. The van der Waals surface area contributed by atoms with Crippen molar-refractivity contribution in [3.63, 3.8) is 0 Å². The average molecular weight is 268 g/mol. The third kappa shape index (κ3) is 2.28. The van der Waals surface area contributed by atoms with E-state index in [1.54, 1.807) is 6.20 Å². The van der Waals surface area contributed by atoms with Gasteiger partial charge >= 0.3 is 0 Å². The van der Waals surface area contributed by atoms with Gasteiger partial charge in [-0.05, 0) is 24.8 Å². The van der Waals surface area contributed by atoms with Crippen molar-refractivity contribution < 1.29 is 4.79 Å². The number of carbonyl (C=O) groups is 1. The molecule has 0 aliphatic heterocycles. The molecule has 0 radical (unpaired) electrons. The number of nitrogens with zero attached hydrogens (tertiary/aromatic N) is 2. The van der Waals surface area contributed by atoms with Crippen LogP contribution in [0.4, 0.5) is 0 Å². The standard InChI is InChI=1S/C17H20N2O/c1-2-11-19-12-10-18-16(19)13-15(20)17(8-9-17)14-6-4-3-5-7-14/h3-7,10,12H,2,8-9,11,13H2,1H3. The molecule has 3 nitrogen and oxygen atoms in total. The second-order valence-electron chi connectivity index (χ2n) is 5.58. The first-order valence-electron chi connectivity index (χ1n) is 7.35. The molecule has 1 aliphatic carbocycles. The summed E-state index contributed by atoms with van der Waals surface area (Å²) in [6.07, 6.45) is 7.21. The Balaban J connectivity index is 1.78. The molecule has 1 heterocycles. The number of aryl methyl sites for hydroxylation is 1. The van der Waals surface area contributed by atoms with Gasteiger partial charge in [0.1, 0.15) is 5.82 Å². The summed E-state index contributed by atoms with van der Waals surface area (Å²) in [5, 5.41) is 0. The van der Waals surface area contributed by atoms with Crippen LogP contribution in [-0.2, 0) is 23.2 Å². The summed E-state index contributed by atoms with van der Waals surface area (Å²) < 4.78 is 2.10. The second kappa shape index (κ2) is 5.23.